The standard InChI is InChI=1S/C17H24N2O2/c1-13-9-15(10-18-17(3,11-20)12-21)14(2)19(13)16-7-5-4-6-8-16/h4-9,18,20-21H,10-12H2,1-3H3. The van der Waals surface area contributed by atoms with Crippen LogP contribution in [0.5, 0.6) is 0 Å². The summed E-state index contributed by atoms with van der Waals surface area (Å²) in [6, 6.07) is 12.4. The summed E-state index contributed by atoms with van der Waals surface area (Å²) >= 11 is 0. The Bertz CT molecular complexity index is 586. The summed E-state index contributed by atoms with van der Waals surface area (Å²) in [7, 11) is 0. The number of hydrogen-bond acceptors (Lipinski definition) is 3. The van der Waals surface area contributed by atoms with Crippen LogP contribution in [0.25, 0.3) is 5.69 Å². The fourth-order valence-electron chi connectivity index (χ4n) is 2.45. The highest BCUT2D eigenvalue weighted by atomic mass is 16.3. The van der Waals surface area contributed by atoms with Gasteiger partial charge < -0.3 is 20.1 Å². The van der Waals surface area contributed by atoms with Crippen molar-refractivity contribution in [2.75, 3.05) is 13.2 Å². The minimum absolute atomic E-state index is 0.0963. The minimum atomic E-state index is -0.658. The molecule has 0 aliphatic heterocycles. The maximum Gasteiger partial charge on any atom is 0.0633 e. The number of benzene rings is 1. The number of para-hydroxylation sites is 1. The van der Waals surface area contributed by atoms with Crippen LogP contribution in [0.3, 0.4) is 0 Å². The van der Waals surface area contributed by atoms with Gasteiger partial charge in [0.2, 0.25) is 0 Å². The number of aliphatic hydroxyl groups excluding tert-OH is 2. The molecule has 0 saturated heterocycles. The highest BCUT2D eigenvalue weighted by molar-refractivity contribution is 5.40. The summed E-state index contributed by atoms with van der Waals surface area (Å²) in [4.78, 5) is 0. The fraction of sp³-hybridized carbons (Fsp3) is 0.412. The second kappa shape index (κ2) is 6.43. The van der Waals surface area contributed by atoms with Gasteiger partial charge in [0.1, 0.15) is 0 Å². The molecule has 21 heavy (non-hydrogen) atoms. The van der Waals surface area contributed by atoms with Crippen LogP contribution in [-0.4, -0.2) is 33.5 Å². The normalized spacial score (nSPS) is 11.9. The second-order valence-electron chi connectivity index (χ2n) is 5.80. The van der Waals surface area contributed by atoms with E-state index in [1.54, 1.807) is 0 Å². The Hall–Kier alpha value is -1.62. The lowest BCUT2D eigenvalue weighted by atomic mass is 10.0. The van der Waals surface area contributed by atoms with Crippen molar-refractivity contribution in [2.24, 2.45) is 0 Å². The first-order valence-electron chi connectivity index (χ1n) is 7.21. The van der Waals surface area contributed by atoms with Gasteiger partial charge in [-0.2, -0.15) is 0 Å². The molecule has 1 aromatic heterocycles. The van der Waals surface area contributed by atoms with Gasteiger partial charge in [0, 0.05) is 23.6 Å². The van der Waals surface area contributed by atoms with E-state index in [9.17, 15) is 10.2 Å². The van der Waals surface area contributed by atoms with Crippen LogP contribution >= 0.6 is 0 Å². The SMILES string of the molecule is Cc1cc(CNC(C)(CO)CO)c(C)n1-c1ccccc1. The average Bonchev–Trinajstić information content (AvgIpc) is 2.80. The van der Waals surface area contributed by atoms with Crippen molar-refractivity contribution in [1.82, 2.24) is 9.88 Å². The largest absolute Gasteiger partial charge is 0.394 e. The molecule has 0 spiro atoms. The summed E-state index contributed by atoms with van der Waals surface area (Å²) in [6.07, 6.45) is 0. The van der Waals surface area contributed by atoms with Gasteiger partial charge in [0.15, 0.2) is 0 Å². The first-order chi connectivity index (χ1) is 10.0. The highest BCUT2D eigenvalue weighted by Gasteiger charge is 2.22. The highest BCUT2D eigenvalue weighted by Crippen LogP contribution is 2.21. The molecule has 0 bridgehead atoms. The van der Waals surface area contributed by atoms with E-state index in [4.69, 9.17) is 0 Å². The van der Waals surface area contributed by atoms with Crippen LogP contribution in [0.15, 0.2) is 36.4 Å². The number of rotatable bonds is 6. The zero-order valence-corrected chi connectivity index (χ0v) is 12.9. The molecule has 3 N–H and O–H groups in total. The van der Waals surface area contributed by atoms with Crippen LogP contribution in [0.1, 0.15) is 23.9 Å². The van der Waals surface area contributed by atoms with Crippen molar-refractivity contribution in [3.63, 3.8) is 0 Å². The molecule has 0 aliphatic carbocycles. The summed E-state index contributed by atoms with van der Waals surface area (Å²) in [6.45, 7) is 6.41. The van der Waals surface area contributed by atoms with Crippen LogP contribution in [0.2, 0.25) is 0 Å². The molecule has 2 aromatic rings. The van der Waals surface area contributed by atoms with Gasteiger partial charge >= 0.3 is 0 Å². The Morgan fingerprint density at radius 3 is 2.29 bits per heavy atom. The molecule has 114 valence electrons. The summed E-state index contributed by atoms with van der Waals surface area (Å²) in [5, 5.41) is 21.9. The van der Waals surface area contributed by atoms with Gasteiger partial charge in [-0.05, 0) is 44.5 Å². The van der Waals surface area contributed by atoms with Crippen LogP contribution in [0.4, 0.5) is 0 Å². The third kappa shape index (κ3) is 3.35. The van der Waals surface area contributed by atoms with Crippen molar-refractivity contribution in [3.8, 4) is 5.69 Å². The fourth-order valence-corrected chi connectivity index (χ4v) is 2.45. The molecule has 0 aliphatic rings. The number of nitrogens with zero attached hydrogens (tertiary/aromatic N) is 1. The Labute approximate surface area is 126 Å². The monoisotopic (exact) mass is 288 g/mol. The molecule has 4 nitrogen and oxygen atoms in total. The first-order valence-corrected chi connectivity index (χ1v) is 7.21. The number of nitrogens with one attached hydrogen (secondary N) is 1. The lowest BCUT2D eigenvalue weighted by Crippen LogP contribution is -2.48. The topological polar surface area (TPSA) is 57.4 Å². The second-order valence-corrected chi connectivity index (χ2v) is 5.80. The predicted octanol–water partition coefficient (Wildman–Crippen LogP) is 1.93. The van der Waals surface area contributed by atoms with Crippen molar-refractivity contribution < 1.29 is 10.2 Å². The van der Waals surface area contributed by atoms with Gasteiger partial charge in [-0.1, -0.05) is 18.2 Å². The smallest absolute Gasteiger partial charge is 0.0633 e. The Balaban J connectivity index is 2.24. The van der Waals surface area contributed by atoms with E-state index in [1.165, 1.54) is 17.0 Å². The van der Waals surface area contributed by atoms with Gasteiger partial charge in [-0.25, -0.2) is 0 Å². The molecule has 0 fully saturated rings. The van der Waals surface area contributed by atoms with Crippen LogP contribution in [0, 0.1) is 13.8 Å². The molecule has 2 rings (SSSR count). The number of aryl methyl sites for hydroxylation is 1. The summed E-state index contributed by atoms with van der Waals surface area (Å²) in [5.74, 6) is 0. The van der Waals surface area contributed by atoms with Gasteiger partial charge in [0.05, 0.1) is 18.8 Å². The lowest BCUT2D eigenvalue weighted by molar-refractivity contribution is 0.103. The van der Waals surface area contributed by atoms with Gasteiger partial charge in [-0.15, -0.1) is 0 Å². The molecule has 0 atom stereocenters. The minimum Gasteiger partial charge on any atom is -0.394 e. The maximum atomic E-state index is 9.34. The number of hydrogen-bond donors (Lipinski definition) is 3. The Kier molecular flexibility index (Phi) is 4.83. The summed E-state index contributed by atoms with van der Waals surface area (Å²) in [5.41, 5.74) is 4.00. The number of aliphatic hydroxyl groups is 2. The molecule has 0 saturated carbocycles. The van der Waals surface area contributed by atoms with Gasteiger partial charge in [0.25, 0.3) is 0 Å². The lowest BCUT2D eigenvalue weighted by Gasteiger charge is -2.26. The first kappa shape index (κ1) is 15.8. The van der Waals surface area contributed by atoms with E-state index < -0.39 is 5.54 Å². The van der Waals surface area contributed by atoms with E-state index in [-0.39, 0.29) is 13.2 Å². The molecule has 0 radical (unpaired) electrons. The molecule has 0 amide bonds. The zero-order valence-electron chi connectivity index (χ0n) is 12.9. The summed E-state index contributed by atoms with van der Waals surface area (Å²) < 4.78 is 2.21. The quantitative estimate of drug-likeness (QED) is 0.761. The molecule has 4 heteroatoms. The van der Waals surface area contributed by atoms with E-state index in [2.05, 4.69) is 41.9 Å². The third-order valence-corrected chi connectivity index (χ3v) is 3.95. The Morgan fingerprint density at radius 2 is 1.71 bits per heavy atom. The Morgan fingerprint density at radius 1 is 1.10 bits per heavy atom. The molecule has 0 unspecified atom stereocenters. The average molecular weight is 288 g/mol. The van der Waals surface area contributed by atoms with Crippen molar-refractivity contribution in [3.05, 3.63) is 53.3 Å². The van der Waals surface area contributed by atoms with Crippen molar-refractivity contribution in [1.29, 1.82) is 0 Å². The number of aromatic nitrogens is 1. The van der Waals surface area contributed by atoms with Crippen LogP contribution in [-0.2, 0) is 6.54 Å². The molecular weight excluding hydrogens is 264 g/mol. The molecule has 1 aromatic carbocycles. The van der Waals surface area contributed by atoms with Gasteiger partial charge in [-0.3, -0.25) is 0 Å². The van der Waals surface area contributed by atoms with Crippen molar-refractivity contribution in [2.45, 2.75) is 32.9 Å². The zero-order chi connectivity index (χ0) is 15.5. The molecular formula is C17H24N2O2. The van der Waals surface area contributed by atoms with E-state index in [0.717, 1.165) is 5.69 Å². The van der Waals surface area contributed by atoms with E-state index in [1.807, 2.05) is 25.1 Å². The maximum absolute atomic E-state index is 9.34. The van der Waals surface area contributed by atoms with E-state index >= 15 is 0 Å². The van der Waals surface area contributed by atoms with Crippen molar-refractivity contribution >= 4 is 0 Å². The van der Waals surface area contributed by atoms with E-state index in [0.29, 0.717) is 6.54 Å². The predicted molar refractivity (Wildman–Crippen MR) is 84.7 cm³/mol. The third-order valence-electron chi connectivity index (χ3n) is 3.95. The van der Waals surface area contributed by atoms with Crippen LogP contribution < -0.4 is 5.32 Å². The molecule has 1 heterocycles.